The summed E-state index contributed by atoms with van der Waals surface area (Å²) in [5.41, 5.74) is 13.8. The van der Waals surface area contributed by atoms with E-state index < -0.39 is 5.60 Å². The second-order valence-corrected chi connectivity index (χ2v) is 8.36. The third kappa shape index (κ3) is 4.42. The molecular weight excluding hydrogens is 396 g/mol. The fraction of sp³-hybridized carbons (Fsp3) is 0.381. The van der Waals surface area contributed by atoms with Crippen LogP contribution in [0.4, 0.5) is 22.4 Å². The zero-order valence-electron chi connectivity index (χ0n) is 17.9. The summed E-state index contributed by atoms with van der Waals surface area (Å²) < 4.78 is 5.47. The molecule has 1 aliphatic rings. The Morgan fingerprint density at radius 3 is 2.29 bits per heavy atom. The molecule has 10 nitrogen and oxygen atoms in total. The number of fused-ring (bicyclic) bond motifs is 1. The molecule has 0 bridgehead atoms. The van der Waals surface area contributed by atoms with Gasteiger partial charge in [-0.2, -0.15) is 9.97 Å². The van der Waals surface area contributed by atoms with Crippen LogP contribution in [0.5, 0.6) is 0 Å². The van der Waals surface area contributed by atoms with Crippen LogP contribution in [-0.4, -0.2) is 62.7 Å². The summed E-state index contributed by atoms with van der Waals surface area (Å²) >= 11 is 0. The van der Waals surface area contributed by atoms with Crippen molar-refractivity contribution < 1.29 is 9.53 Å². The number of amides is 1. The molecule has 1 fully saturated rings. The molecule has 0 saturated carbocycles. The van der Waals surface area contributed by atoms with Crippen LogP contribution in [0.2, 0.25) is 0 Å². The van der Waals surface area contributed by atoms with E-state index in [2.05, 4.69) is 15.0 Å². The first-order valence-electron chi connectivity index (χ1n) is 10.1. The van der Waals surface area contributed by atoms with Crippen LogP contribution in [0.15, 0.2) is 30.3 Å². The highest BCUT2D eigenvalue weighted by Gasteiger charge is 2.28. The van der Waals surface area contributed by atoms with Crippen molar-refractivity contribution in [3.8, 4) is 11.3 Å². The zero-order valence-corrected chi connectivity index (χ0v) is 17.9. The van der Waals surface area contributed by atoms with Gasteiger partial charge in [-0.3, -0.25) is 0 Å². The minimum Gasteiger partial charge on any atom is -0.444 e. The van der Waals surface area contributed by atoms with E-state index in [9.17, 15) is 4.79 Å². The highest BCUT2D eigenvalue weighted by molar-refractivity contribution is 5.88. The number of benzene rings is 1. The van der Waals surface area contributed by atoms with Crippen molar-refractivity contribution in [3.63, 3.8) is 0 Å². The van der Waals surface area contributed by atoms with E-state index in [1.165, 1.54) is 0 Å². The first kappa shape index (κ1) is 20.6. The number of ether oxygens (including phenoxy) is 1. The largest absolute Gasteiger partial charge is 0.444 e. The quantitative estimate of drug-likeness (QED) is 0.637. The van der Waals surface area contributed by atoms with Crippen molar-refractivity contribution in [1.29, 1.82) is 0 Å². The Bertz CT molecular complexity index is 1110. The van der Waals surface area contributed by atoms with Gasteiger partial charge >= 0.3 is 6.09 Å². The van der Waals surface area contributed by atoms with Crippen molar-refractivity contribution in [3.05, 3.63) is 30.3 Å². The molecule has 10 heteroatoms. The van der Waals surface area contributed by atoms with Gasteiger partial charge in [-0.25, -0.2) is 14.8 Å². The summed E-state index contributed by atoms with van der Waals surface area (Å²) in [6.45, 7) is 7.65. The highest BCUT2D eigenvalue weighted by Crippen LogP contribution is 2.29. The van der Waals surface area contributed by atoms with Gasteiger partial charge in [0.2, 0.25) is 5.95 Å². The summed E-state index contributed by atoms with van der Waals surface area (Å²) in [5.74, 6) is 0.951. The zero-order chi connectivity index (χ0) is 22.2. The number of rotatable bonds is 2. The monoisotopic (exact) mass is 422 g/mol. The second kappa shape index (κ2) is 7.86. The van der Waals surface area contributed by atoms with E-state index in [1.54, 1.807) is 4.90 Å². The lowest BCUT2D eigenvalue weighted by Crippen LogP contribution is -2.50. The molecule has 0 atom stereocenters. The summed E-state index contributed by atoms with van der Waals surface area (Å²) in [5, 5.41) is 0. The average molecular weight is 422 g/mol. The Morgan fingerprint density at radius 1 is 0.968 bits per heavy atom. The molecule has 0 unspecified atom stereocenters. The predicted octanol–water partition coefficient (Wildman–Crippen LogP) is 2.31. The predicted molar refractivity (Wildman–Crippen MR) is 119 cm³/mol. The second-order valence-electron chi connectivity index (χ2n) is 8.36. The lowest BCUT2D eigenvalue weighted by atomic mass is 10.1. The van der Waals surface area contributed by atoms with E-state index in [-0.39, 0.29) is 17.9 Å². The van der Waals surface area contributed by atoms with Crippen molar-refractivity contribution in [2.24, 2.45) is 0 Å². The Hall–Kier alpha value is -3.69. The van der Waals surface area contributed by atoms with Gasteiger partial charge in [0, 0.05) is 31.7 Å². The van der Waals surface area contributed by atoms with Gasteiger partial charge in [-0.05, 0) is 20.8 Å². The number of hydrogen-bond acceptors (Lipinski definition) is 9. The van der Waals surface area contributed by atoms with E-state index in [0.717, 1.165) is 5.56 Å². The number of piperazine rings is 1. The van der Waals surface area contributed by atoms with Crippen molar-refractivity contribution in [1.82, 2.24) is 24.8 Å². The molecule has 1 aliphatic heterocycles. The molecule has 1 aromatic carbocycles. The van der Waals surface area contributed by atoms with Crippen molar-refractivity contribution in [2.75, 3.05) is 42.5 Å². The molecule has 2 aromatic heterocycles. The molecule has 1 saturated heterocycles. The summed E-state index contributed by atoms with van der Waals surface area (Å²) in [6, 6.07) is 9.59. The van der Waals surface area contributed by atoms with Crippen LogP contribution < -0.4 is 16.4 Å². The van der Waals surface area contributed by atoms with Gasteiger partial charge in [0.15, 0.2) is 22.8 Å². The maximum absolute atomic E-state index is 12.4. The van der Waals surface area contributed by atoms with Gasteiger partial charge in [-0.15, -0.1) is 0 Å². The average Bonchev–Trinajstić information content (AvgIpc) is 2.72. The molecule has 4 N–H and O–H groups in total. The van der Waals surface area contributed by atoms with E-state index in [1.807, 2.05) is 56.0 Å². The van der Waals surface area contributed by atoms with Gasteiger partial charge in [-0.1, -0.05) is 30.3 Å². The smallest absolute Gasteiger partial charge is 0.410 e. The number of nitrogens with zero attached hydrogens (tertiary/aromatic N) is 6. The summed E-state index contributed by atoms with van der Waals surface area (Å²) in [6.07, 6.45) is -0.321. The van der Waals surface area contributed by atoms with Crippen molar-refractivity contribution >= 4 is 34.8 Å². The molecule has 0 aliphatic carbocycles. The van der Waals surface area contributed by atoms with Crippen molar-refractivity contribution in [2.45, 2.75) is 26.4 Å². The first-order valence-corrected chi connectivity index (χ1v) is 10.1. The van der Waals surface area contributed by atoms with Crippen LogP contribution in [0.25, 0.3) is 22.4 Å². The van der Waals surface area contributed by atoms with E-state index in [4.69, 9.17) is 21.2 Å². The lowest BCUT2D eigenvalue weighted by Gasteiger charge is -2.36. The number of carbonyl (C=O) groups is 1. The number of nitrogens with two attached hydrogens (primary N) is 2. The molecule has 3 heterocycles. The van der Waals surface area contributed by atoms with Crippen LogP contribution in [0, 0.1) is 0 Å². The Kier molecular flexibility index (Phi) is 5.22. The Morgan fingerprint density at radius 2 is 1.65 bits per heavy atom. The standard InChI is InChI=1S/C21H26N8O2/c1-21(2,3)31-20(30)29-11-9-28(10-12-29)18-15-17(26-19(23)27-18)25-16(22)14(24-15)13-7-5-4-6-8-13/h4-8H,9-12H2,1-3H3,(H4,22,23,25,26,27). The minimum absolute atomic E-state index is 0.0956. The fourth-order valence-corrected chi connectivity index (χ4v) is 3.42. The lowest BCUT2D eigenvalue weighted by molar-refractivity contribution is 0.0240. The molecule has 0 radical (unpaired) electrons. The Labute approximate surface area is 180 Å². The number of anilines is 3. The van der Waals surface area contributed by atoms with Gasteiger partial charge in [0.05, 0.1) is 0 Å². The number of carbonyl (C=O) groups excluding carboxylic acids is 1. The summed E-state index contributed by atoms with van der Waals surface area (Å²) in [7, 11) is 0. The molecule has 3 aromatic rings. The summed E-state index contributed by atoms with van der Waals surface area (Å²) in [4.78, 5) is 33.9. The first-order chi connectivity index (χ1) is 14.7. The van der Waals surface area contributed by atoms with E-state index in [0.29, 0.717) is 48.9 Å². The Balaban J connectivity index is 1.64. The number of hydrogen-bond donors (Lipinski definition) is 2. The molecule has 4 rings (SSSR count). The normalized spacial score (nSPS) is 14.7. The third-order valence-electron chi connectivity index (χ3n) is 4.84. The number of aromatic nitrogens is 4. The molecular formula is C21H26N8O2. The topological polar surface area (TPSA) is 136 Å². The minimum atomic E-state index is -0.533. The highest BCUT2D eigenvalue weighted by atomic mass is 16.6. The molecule has 162 valence electrons. The van der Waals surface area contributed by atoms with E-state index >= 15 is 0 Å². The third-order valence-corrected chi connectivity index (χ3v) is 4.84. The van der Waals surface area contributed by atoms with Crippen LogP contribution in [0.1, 0.15) is 20.8 Å². The number of nitrogen functional groups attached to an aromatic ring is 2. The fourth-order valence-electron chi connectivity index (χ4n) is 3.42. The molecule has 0 spiro atoms. The van der Waals surface area contributed by atoms with Gasteiger partial charge in [0.25, 0.3) is 0 Å². The van der Waals surface area contributed by atoms with Crippen LogP contribution in [-0.2, 0) is 4.74 Å². The van der Waals surface area contributed by atoms with Gasteiger partial charge < -0.3 is 26.0 Å². The van der Waals surface area contributed by atoms with Gasteiger partial charge in [0.1, 0.15) is 11.3 Å². The maximum Gasteiger partial charge on any atom is 0.410 e. The van der Waals surface area contributed by atoms with Crippen LogP contribution >= 0.6 is 0 Å². The SMILES string of the molecule is CC(C)(C)OC(=O)N1CCN(c2nc(N)nc3nc(N)c(-c4ccccc4)nc23)CC1. The molecule has 1 amide bonds. The maximum atomic E-state index is 12.4. The molecule has 31 heavy (non-hydrogen) atoms. The van der Waals surface area contributed by atoms with Crippen LogP contribution in [0.3, 0.4) is 0 Å².